The van der Waals surface area contributed by atoms with Gasteiger partial charge in [-0.25, -0.2) is 9.28 Å². The Kier molecular flexibility index (Phi) is 35.4. The third-order valence-electron chi connectivity index (χ3n) is 19.7. The lowest BCUT2D eigenvalue weighted by Crippen LogP contribution is -2.62. The van der Waals surface area contributed by atoms with Crippen LogP contribution < -0.4 is 61.3 Å². The lowest BCUT2D eigenvalue weighted by Gasteiger charge is -2.39. The number of fused-ring (bicyclic) bond motifs is 4. The summed E-state index contributed by atoms with van der Waals surface area (Å²) in [4.78, 5) is 124. The van der Waals surface area contributed by atoms with Crippen LogP contribution in [0.2, 0.25) is 0 Å². The van der Waals surface area contributed by atoms with Gasteiger partial charge in [0.05, 0.1) is 157 Å². The minimum Gasteiger partial charge on any atom is -0.530 e. The summed E-state index contributed by atoms with van der Waals surface area (Å²) in [6, 6.07) is 21.0. The van der Waals surface area contributed by atoms with Gasteiger partial charge in [0.15, 0.2) is 29.2 Å². The average Bonchev–Trinajstić information content (AvgIpc) is 1.57. The molecule has 9 rings (SSSR count). The van der Waals surface area contributed by atoms with E-state index in [-0.39, 0.29) is 125 Å². The van der Waals surface area contributed by atoms with Gasteiger partial charge in [0.1, 0.15) is 36.3 Å². The SMILES string of the molecule is C=C1CC2=CNc3cc(OCCCCCOc4cc5c(cc4OC)C(=O)[N@+]4(Cc6ccccc6NC(=O)CNC(=O)[C@](CCCCN)(Cc6ccccc6)NC(=O)CCOCCOCCOCCOCCOCCOCCOCCOCCNC(=O)CCN6C(=O)C=CC6=O)CC(=C)C[C@H]4[C@H](O)N5C(=O)[O-])c(OC)cc3C(=O)N2C1. The zero-order valence-corrected chi connectivity index (χ0v) is 65.6. The lowest BCUT2D eigenvalue weighted by atomic mass is 9.84. The van der Waals surface area contributed by atoms with Crippen molar-refractivity contribution in [1.29, 1.82) is 0 Å². The smallest absolute Gasteiger partial charge is 0.349 e. The van der Waals surface area contributed by atoms with E-state index in [1.807, 2.05) is 36.5 Å². The second-order valence-corrected chi connectivity index (χ2v) is 28.0. The van der Waals surface area contributed by atoms with Crippen LogP contribution >= 0.6 is 0 Å². The van der Waals surface area contributed by atoms with Gasteiger partial charge in [-0.3, -0.25) is 43.4 Å². The first kappa shape index (κ1) is 88.8. The number of aliphatic hydroxyl groups is 1. The second kappa shape index (κ2) is 45.8. The van der Waals surface area contributed by atoms with Crippen molar-refractivity contribution in [3.8, 4) is 23.0 Å². The van der Waals surface area contributed by atoms with Gasteiger partial charge in [0.25, 0.3) is 17.7 Å². The number of methoxy groups -OCH3 is 2. The Labute approximate surface area is 669 Å². The molecule has 0 unspecified atom stereocenters. The van der Waals surface area contributed by atoms with Gasteiger partial charge in [-0.2, -0.15) is 0 Å². The molecule has 0 radical (unpaired) electrons. The monoisotopic (exact) mass is 1600 g/mol. The number of hydrogen-bond acceptors (Lipinski definition) is 25. The molecular weight excluding hydrogens is 1490 g/mol. The maximum absolute atomic E-state index is 15.5. The van der Waals surface area contributed by atoms with Crippen molar-refractivity contribution in [3.63, 3.8) is 0 Å². The minimum absolute atomic E-state index is 0.00430. The number of unbranched alkanes of at least 4 members (excludes halogenated alkanes) is 3. The van der Waals surface area contributed by atoms with Crippen LogP contribution in [-0.2, 0) is 79.6 Å². The molecule has 0 aromatic heterocycles. The number of rotatable bonds is 53. The van der Waals surface area contributed by atoms with Crippen molar-refractivity contribution < 1.29 is 115 Å². The molecule has 5 heterocycles. The summed E-state index contributed by atoms with van der Waals surface area (Å²) in [6.07, 6.45) is 4.18. The largest absolute Gasteiger partial charge is 0.530 e. The molecule has 5 aliphatic heterocycles. The number of imide groups is 1. The van der Waals surface area contributed by atoms with E-state index in [2.05, 4.69) is 39.7 Å². The average molecular weight is 1600 g/mol. The summed E-state index contributed by atoms with van der Waals surface area (Å²) in [5, 5.41) is 40.2. The van der Waals surface area contributed by atoms with E-state index in [1.165, 1.54) is 38.5 Å². The highest BCUT2D eigenvalue weighted by atomic mass is 16.6. The number of carboxylic acid groups (broad SMARTS) is 1. The number of nitrogens with one attached hydrogen (secondary N) is 5. The number of amides is 9. The van der Waals surface area contributed by atoms with E-state index in [0.717, 1.165) is 21.7 Å². The van der Waals surface area contributed by atoms with E-state index in [0.29, 0.717) is 183 Å². The molecule has 2 saturated heterocycles. The van der Waals surface area contributed by atoms with Gasteiger partial charge >= 0.3 is 5.91 Å². The van der Waals surface area contributed by atoms with Crippen molar-refractivity contribution in [2.75, 3.05) is 188 Å². The van der Waals surface area contributed by atoms with E-state index in [4.69, 9.17) is 62.6 Å². The minimum atomic E-state index is -1.83. The van der Waals surface area contributed by atoms with Gasteiger partial charge < -0.3 is 109 Å². The number of quaternary nitrogens is 1. The highest BCUT2D eigenvalue weighted by Crippen LogP contribution is 2.47. The quantitative estimate of drug-likeness (QED) is 0.0141. The Morgan fingerprint density at radius 1 is 0.635 bits per heavy atom. The second-order valence-electron chi connectivity index (χ2n) is 28.0. The van der Waals surface area contributed by atoms with Gasteiger partial charge in [-0.1, -0.05) is 67.3 Å². The molecule has 33 heteroatoms. The molecule has 4 aromatic rings. The molecule has 33 nitrogen and oxygen atoms in total. The number of allylic oxidation sites excluding steroid dienone is 1. The van der Waals surface area contributed by atoms with Gasteiger partial charge in [-0.15, -0.1) is 0 Å². The summed E-state index contributed by atoms with van der Waals surface area (Å²) in [5.41, 5.74) is 9.00. The van der Waals surface area contributed by atoms with E-state index in [1.54, 1.807) is 41.3 Å². The van der Waals surface area contributed by atoms with E-state index in [9.17, 15) is 48.6 Å². The van der Waals surface area contributed by atoms with Crippen LogP contribution in [0.1, 0.15) is 96.1 Å². The Hall–Kier alpha value is -10.2. The molecule has 0 spiro atoms. The summed E-state index contributed by atoms with van der Waals surface area (Å²) in [5.74, 6) is -2.45. The maximum atomic E-state index is 15.5. The van der Waals surface area contributed by atoms with E-state index >= 15 is 4.79 Å². The highest BCUT2D eigenvalue weighted by Gasteiger charge is 2.58. The number of benzene rings is 4. The number of hydrogen-bond donors (Lipinski definition) is 7. The van der Waals surface area contributed by atoms with E-state index < -0.39 is 70.4 Å². The van der Waals surface area contributed by atoms with Crippen LogP contribution in [0.25, 0.3) is 0 Å². The van der Waals surface area contributed by atoms with Crippen molar-refractivity contribution >= 4 is 70.4 Å². The molecule has 115 heavy (non-hydrogen) atoms. The molecule has 5 aliphatic rings. The molecular formula is C82H108N10O23. The third-order valence-corrected chi connectivity index (χ3v) is 19.7. The molecule has 4 aromatic carbocycles. The number of carbonyl (C=O) groups is 9. The number of ether oxygens (including phenoxy) is 12. The number of aliphatic hydroxyl groups excluding tert-OH is 1. The molecule has 624 valence electrons. The lowest BCUT2D eigenvalue weighted by molar-refractivity contribution is -0.875. The maximum Gasteiger partial charge on any atom is 0.349 e. The van der Waals surface area contributed by atoms with Crippen LogP contribution in [0.15, 0.2) is 127 Å². The Morgan fingerprint density at radius 2 is 1.21 bits per heavy atom. The fourth-order valence-electron chi connectivity index (χ4n) is 14.0. The van der Waals surface area contributed by atoms with Gasteiger partial charge in [0, 0.05) is 105 Å². The van der Waals surface area contributed by atoms with Crippen LogP contribution in [0.3, 0.4) is 0 Å². The van der Waals surface area contributed by atoms with Crippen LogP contribution in [0, 0.1) is 0 Å². The van der Waals surface area contributed by atoms with Gasteiger partial charge in [0.2, 0.25) is 23.6 Å². The number of nitrogens with two attached hydrogens (primary N) is 1. The molecule has 2 fully saturated rings. The zero-order valence-electron chi connectivity index (χ0n) is 65.6. The molecule has 9 amide bonds. The number of anilines is 3. The fraction of sp³-hybridized carbons (Fsp3) is 0.500. The van der Waals surface area contributed by atoms with Crippen molar-refractivity contribution in [2.45, 2.75) is 95.0 Å². The van der Waals surface area contributed by atoms with Gasteiger partial charge in [-0.05, 0) is 68.3 Å². The van der Waals surface area contributed by atoms with Crippen molar-refractivity contribution in [2.24, 2.45) is 5.73 Å². The summed E-state index contributed by atoms with van der Waals surface area (Å²) >= 11 is 0. The number of carbonyl (C=O) groups excluding carboxylic acids is 9. The first-order chi connectivity index (χ1) is 55.8. The first-order valence-electron chi connectivity index (χ1n) is 38.8. The Bertz CT molecular complexity index is 4050. The highest BCUT2D eigenvalue weighted by molar-refractivity contribution is 6.13. The standard InChI is InChI=1S/C82H108N10O23/c1-57-45-61-52-85-65-49-70(68(104-3)47-62(65)77(98)90(61)54-57)114-27-13-6-14-28-115-71-50-66-63(48-69(71)105-4)79(100)92(55-58(2)46-67(92)78(99)91(66)81(102)103)56-60-17-9-10-18-64(60)87-74(95)53-86-80(101)82(23-11-12-24-83,51-59-15-7-5-8-16-59)88-73(94)22-29-106-31-33-108-35-37-110-39-41-112-43-44-113-42-40-111-38-36-109-34-32-107-30-25-84-72(93)21-26-89-75(96)19-20-76(89)97/h5,7-10,15-20,47-50,52,67,78,99H,1-2,6,11-14,21-46,51,53-56,83H2,3-4H3,(H5-,84,85,86,87,88,93,94,95,98,101,102,103)/t67-,78-,82-,92-/m0/s1. The third kappa shape index (κ3) is 25.7. The summed E-state index contributed by atoms with van der Waals surface area (Å²) < 4.78 is 67.8. The summed E-state index contributed by atoms with van der Waals surface area (Å²) in [6.45, 7) is 14.2. The molecule has 0 aliphatic carbocycles. The number of nitrogens with zero attached hydrogens (tertiary/aromatic N) is 4. The van der Waals surface area contributed by atoms with Crippen LogP contribution in [-0.4, -0.2) is 263 Å². The Balaban J connectivity index is 0.681. The predicted octanol–water partition coefficient (Wildman–Crippen LogP) is 4.20. The van der Waals surface area contributed by atoms with Crippen LogP contribution in [0.5, 0.6) is 23.0 Å². The van der Waals surface area contributed by atoms with Crippen molar-refractivity contribution in [1.82, 2.24) is 25.8 Å². The molecule has 0 bridgehead atoms. The molecule has 8 N–H and O–H groups in total. The van der Waals surface area contributed by atoms with Crippen molar-refractivity contribution in [3.05, 3.63) is 149 Å². The van der Waals surface area contributed by atoms with Crippen LogP contribution in [0.4, 0.5) is 21.9 Å². The fourth-order valence-corrected chi connectivity index (χ4v) is 14.0. The Morgan fingerprint density at radius 3 is 1.81 bits per heavy atom. The molecule has 0 saturated carbocycles. The normalized spacial score (nSPS) is 17.4. The number of para-hydroxylation sites is 1. The topological polar surface area (TPSA) is 404 Å². The first-order valence-corrected chi connectivity index (χ1v) is 38.8. The zero-order chi connectivity index (χ0) is 82.0. The molecule has 4 atom stereocenters. The predicted molar refractivity (Wildman–Crippen MR) is 419 cm³/mol. The summed E-state index contributed by atoms with van der Waals surface area (Å²) in [7, 11) is 2.90.